The lowest BCUT2D eigenvalue weighted by Gasteiger charge is -2.36. The van der Waals surface area contributed by atoms with Gasteiger partial charge in [-0.3, -0.25) is 0 Å². The first-order valence-corrected chi connectivity index (χ1v) is 9.63. The molecule has 1 aromatic heterocycles. The molecular weight excluding hydrogens is 310 g/mol. The molecule has 0 saturated carbocycles. The molecule has 6 heteroatoms. The molecule has 1 aromatic rings. The van der Waals surface area contributed by atoms with Crippen molar-refractivity contribution < 1.29 is 4.43 Å². The number of nitrogens with one attached hydrogen (secondary N) is 1. The lowest BCUT2D eigenvalue weighted by Crippen LogP contribution is -2.40. The van der Waals surface area contributed by atoms with Crippen molar-refractivity contribution in [3.05, 3.63) is 22.3 Å². The van der Waals surface area contributed by atoms with E-state index in [9.17, 15) is 0 Å². The van der Waals surface area contributed by atoms with Gasteiger partial charge in [-0.05, 0) is 24.2 Å². The summed E-state index contributed by atoms with van der Waals surface area (Å²) in [5, 5.41) is 0.192. The molecule has 0 atom stereocenters. The molecule has 0 fully saturated rings. The molecule has 102 valence electrons. The largest absolute Gasteiger partial charge is 0.412 e. The number of nitrogen functional groups attached to an aromatic ring is 1. The van der Waals surface area contributed by atoms with E-state index in [2.05, 4.69) is 60.2 Å². The number of hydrogen-bond acceptors (Lipinski definition) is 4. The Balaban J connectivity index is 2.87. The van der Waals surface area contributed by atoms with E-state index in [1.54, 1.807) is 6.20 Å². The highest BCUT2D eigenvalue weighted by Gasteiger charge is 2.37. The fraction of sp³-hybridized carbons (Fsp3) is 0.583. The fourth-order valence-corrected chi connectivity index (χ4v) is 2.56. The summed E-state index contributed by atoms with van der Waals surface area (Å²) in [6, 6.07) is 1.89. The van der Waals surface area contributed by atoms with Gasteiger partial charge in [0.05, 0.1) is 6.61 Å². The van der Waals surface area contributed by atoms with Crippen molar-refractivity contribution in [3.8, 4) is 0 Å². The monoisotopic (exact) mass is 331 g/mol. The smallest absolute Gasteiger partial charge is 0.192 e. The highest BCUT2D eigenvalue weighted by molar-refractivity contribution is 9.10. The number of rotatable bonds is 4. The molecule has 3 N–H and O–H groups in total. The van der Waals surface area contributed by atoms with E-state index in [1.165, 1.54) is 0 Å². The highest BCUT2D eigenvalue weighted by atomic mass is 79.9. The van der Waals surface area contributed by atoms with Gasteiger partial charge in [0.1, 0.15) is 5.82 Å². The van der Waals surface area contributed by atoms with Gasteiger partial charge >= 0.3 is 0 Å². The summed E-state index contributed by atoms with van der Waals surface area (Å²) in [7, 11) is -1.76. The third-order valence-electron chi connectivity index (χ3n) is 3.52. The van der Waals surface area contributed by atoms with E-state index in [4.69, 9.17) is 10.3 Å². The van der Waals surface area contributed by atoms with Gasteiger partial charge in [0.15, 0.2) is 8.32 Å². The molecule has 0 spiro atoms. The van der Waals surface area contributed by atoms with Gasteiger partial charge < -0.3 is 9.85 Å². The van der Waals surface area contributed by atoms with Crippen molar-refractivity contribution in [3.63, 3.8) is 0 Å². The van der Waals surface area contributed by atoms with Crippen LogP contribution in [0.1, 0.15) is 26.3 Å². The molecule has 0 amide bonds. The van der Waals surface area contributed by atoms with Crippen LogP contribution in [0.15, 0.2) is 16.7 Å². The Kier molecular flexibility index (Phi) is 4.94. The predicted octanol–water partition coefficient (Wildman–Crippen LogP) is 3.65. The molecule has 18 heavy (non-hydrogen) atoms. The maximum absolute atomic E-state index is 6.18. The van der Waals surface area contributed by atoms with Gasteiger partial charge in [-0.25, -0.2) is 10.8 Å². The zero-order chi connectivity index (χ0) is 14.0. The summed E-state index contributed by atoms with van der Waals surface area (Å²) in [5.41, 5.74) is 3.57. The van der Waals surface area contributed by atoms with Crippen molar-refractivity contribution in [2.24, 2.45) is 5.84 Å². The average molecular weight is 332 g/mol. The van der Waals surface area contributed by atoms with Gasteiger partial charge in [0.25, 0.3) is 0 Å². The Labute approximate surface area is 119 Å². The van der Waals surface area contributed by atoms with Crippen LogP contribution in [-0.4, -0.2) is 13.3 Å². The number of nitrogens with zero attached hydrogens (tertiary/aromatic N) is 1. The van der Waals surface area contributed by atoms with Gasteiger partial charge in [-0.2, -0.15) is 0 Å². The molecule has 1 heterocycles. The van der Waals surface area contributed by atoms with Crippen LogP contribution < -0.4 is 11.3 Å². The van der Waals surface area contributed by atoms with Crippen molar-refractivity contribution in [1.29, 1.82) is 0 Å². The van der Waals surface area contributed by atoms with Crippen LogP contribution in [-0.2, 0) is 11.0 Å². The first kappa shape index (κ1) is 15.6. The third-order valence-corrected chi connectivity index (χ3v) is 8.74. The number of anilines is 1. The second-order valence-corrected chi connectivity index (χ2v) is 11.5. The Morgan fingerprint density at radius 1 is 1.44 bits per heavy atom. The van der Waals surface area contributed by atoms with Gasteiger partial charge in [0, 0.05) is 16.2 Å². The number of aromatic nitrogens is 1. The minimum absolute atomic E-state index is 0.192. The molecule has 0 aromatic carbocycles. The lowest BCUT2D eigenvalue weighted by atomic mass is 10.2. The first-order chi connectivity index (χ1) is 8.19. The van der Waals surface area contributed by atoms with Crippen molar-refractivity contribution >= 4 is 30.1 Å². The molecule has 0 saturated heterocycles. The summed E-state index contributed by atoms with van der Waals surface area (Å²) in [5.74, 6) is 6.12. The van der Waals surface area contributed by atoms with E-state index in [1.807, 2.05) is 6.07 Å². The molecule has 0 unspecified atom stereocenters. The zero-order valence-corrected chi connectivity index (χ0v) is 14.3. The van der Waals surface area contributed by atoms with Crippen LogP contribution in [0.5, 0.6) is 0 Å². The fourth-order valence-electron chi connectivity index (χ4n) is 1.20. The zero-order valence-electron chi connectivity index (χ0n) is 11.7. The minimum atomic E-state index is -1.76. The quantitative estimate of drug-likeness (QED) is 0.502. The van der Waals surface area contributed by atoms with E-state index in [0.717, 1.165) is 10.0 Å². The SMILES string of the molecule is CC(C)(C)[Si](C)(C)OCc1c(Br)ccnc1NN. The number of halogens is 1. The number of pyridine rings is 1. The minimum Gasteiger partial charge on any atom is -0.412 e. The van der Waals surface area contributed by atoms with Crippen molar-refractivity contribution in [1.82, 2.24) is 4.98 Å². The number of hydrazine groups is 1. The molecule has 0 radical (unpaired) electrons. The summed E-state index contributed by atoms with van der Waals surface area (Å²) in [6.45, 7) is 11.6. The lowest BCUT2D eigenvalue weighted by molar-refractivity contribution is 0.276. The molecule has 1 rings (SSSR count). The van der Waals surface area contributed by atoms with Gasteiger partial charge in [0.2, 0.25) is 0 Å². The summed E-state index contributed by atoms with van der Waals surface area (Å²) < 4.78 is 7.14. The summed E-state index contributed by atoms with van der Waals surface area (Å²) >= 11 is 3.51. The molecule has 4 nitrogen and oxygen atoms in total. The maximum Gasteiger partial charge on any atom is 0.192 e. The normalized spacial score (nSPS) is 12.6. The van der Waals surface area contributed by atoms with Crippen LogP contribution in [0.2, 0.25) is 18.1 Å². The average Bonchev–Trinajstić information content (AvgIpc) is 2.25. The second-order valence-electron chi connectivity index (χ2n) is 5.81. The van der Waals surface area contributed by atoms with E-state index < -0.39 is 8.32 Å². The summed E-state index contributed by atoms with van der Waals surface area (Å²) in [6.07, 6.45) is 1.70. The number of hydrogen-bond donors (Lipinski definition) is 2. The molecule has 0 bridgehead atoms. The van der Waals surface area contributed by atoms with E-state index in [-0.39, 0.29) is 5.04 Å². The van der Waals surface area contributed by atoms with Crippen LogP contribution in [0.25, 0.3) is 0 Å². The topological polar surface area (TPSA) is 60.2 Å². The Hall–Kier alpha value is -0.433. The first-order valence-electron chi connectivity index (χ1n) is 5.93. The molecule has 0 aliphatic heterocycles. The van der Waals surface area contributed by atoms with Crippen LogP contribution in [0.3, 0.4) is 0 Å². The standard InChI is InChI=1S/C12H22BrN3OSi/c1-12(2,3)18(4,5)17-8-9-10(13)6-7-15-11(9)16-14/h6-7H,8,14H2,1-5H3,(H,15,16). The Morgan fingerprint density at radius 3 is 2.56 bits per heavy atom. The van der Waals surface area contributed by atoms with Crippen molar-refractivity contribution in [2.75, 3.05) is 5.43 Å². The number of nitrogens with two attached hydrogens (primary N) is 1. The van der Waals surface area contributed by atoms with Crippen LogP contribution in [0.4, 0.5) is 5.82 Å². The Bertz CT molecular complexity index is 418. The summed E-state index contributed by atoms with van der Waals surface area (Å²) in [4.78, 5) is 4.19. The van der Waals surface area contributed by atoms with Crippen LogP contribution in [0, 0.1) is 0 Å². The second kappa shape index (κ2) is 5.69. The van der Waals surface area contributed by atoms with Gasteiger partial charge in [-0.15, -0.1) is 0 Å². The van der Waals surface area contributed by atoms with E-state index in [0.29, 0.717) is 12.4 Å². The molecular formula is C12H22BrN3OSi. The predicted molar refractivity (Wildman–Crippen MR) is 81.7 cm³/mol. The molecule has 0 aliphatic carbocycles. The Morgan fingerprint density at radius 2 is 2.06 bits per heavy atom. The van der Waals surface area contributed by atoms with Crippen molar-refractivity contribution in [2.45, 2.75) is 45.5 Å². The van der Waals surface area contributed by atoms with Gasteiger partial charge in [-0.1, -0.05) is 36.7 Å². The third kappa shape index (κ3) is 3.54. The molecule has 0 aliphatic rings. The maximum atomic E-state index is 6.18. The van der Waals surface area contributed by atoms with Crippen LogP contribution >= 0.6 is 15.9 Å². The van der Waals surface area contributed by atoms with E-state index >= 15 is 0 Å². The highest BCUT2D eigenvalue weighted by Crippen LogP contribution is 2.37.